The van der Waals surface area contributed by atoms with Crippen molar-refractivity contribution in [2.75, 3.05) is 31.0 Å². The molecule has 2 amide bonds. The van der Waals surface area contributed by atoms with Gasteiger partial charge in [-0.3, -0.25) is 9.59 Å². The van der Waals surface area contributed by atoms with Crippen LogP contribution in [-0.2, 0) is 9.53 Å². The Morgan fingerprint density at radius 3 is 2.57 bits per heavy atom. The third kappa shape index (κ3) is 6.51. The van der Waals surface area contributed by atoms with Crippen LogP contribution in [0.5, 0.6) is 5.75 Å². The van der Waals surface area contributed by atoms with E-state index in [1.54, 1.807) is 43.5 Å². The fraction of sp³-hybridized carbons (Fsp3) is 0.300. The molecule has 0 heterocycles. The first-order valence-corrected chi connectivity index (χ1v) is 9.93. The summed E-state index contributed by atoms with van der Waals surface area (Å²) >= 11 is 9.59. The SMILES string of the molecule is CCCC(=O)Nc1ccc(Cl)c(NC(=O)c2ccc(OCCOC)c(Br)c2)c1. The Morgan fingerprint density at radius 1 is 1.11 bits per heavy atom. The molecular weight excluding hydrogens is 448 g/mol. The molecule has 0 atom stereocenters. The van der Waals surface area contributed by atoms with Crippen LogP contribution < -0.4 is 15.4 Å². The van der Waals surface area contributed by atoms with Crippen LogP contribution in [0.2, 0.25) is 5.02 Å². The summed E-state index contributed by atoms with van der Waals surface area (Å²) in [4.78, 5) is 24.3. The van der Waals surface area contributed by atoms with Crippen molar-refractivity contribution >= 4 is 50.7 Å². The first-order valence-electron chi connectivity index (χ1n) is 8.76. The van der Waals surface area contributed by atoms with Crippen LogP contribution >= 0.6 is 27.5 Å². The normalized spacial score (nSPS) is 10.4. The summed E-state index contributed by atoms with van der Waals surface area (Å²) in [6, 6.07) is 9.97. The van der Waals surface area contributed by atoms with Gasteiger partial charge < -0.3 is 20.1 Å². The summed E-state index contributed by atoms with van der Waals surface area (Å²) in [5.74, 6) is 0.199. The van der Waals surface area contributed by atoms with Crippen molar-refractivity contribution in [3.63, 3.8) is 0 Å². The predicted molar refractivity (Wildman–Crippen MR) is 114 cm³/mol. The van der Waals surface area contributed by atoms with E-state index in [1.165, 1.54) is 0 Å². The number of hydrogen-bond acceptors (Lipinski definition) is 4. The Balaban J connectivity index is 2.09. The van der Waals surface area contributed by atoms with Crippen LogP contribution in [0.15, 0.2) is 40.9 Å². The molecule has 2 aromatic carbocycles. The molecule has 0 aliphatic carbocycles. The van der Waals surface area contributed by atoms with Crippen molar-refractivity contribution in [2.45, 2.75) is 19.8 Å². The number of amides is 2. The van der Waals surface area contributed by atoms with Gasteiger partial charge in [-0.15, -0.1) is 0 Å². The molecule has 150 valence electrons. The molecule has 2 rings (SSSR count). The van der Waals surface area contributed by atoms with Crippen LogP contribution in [0.3, 0.4) is 0 Å². The molecule has 28 heavy (non-hydrogen) atoms. The lowest BCUT2D eigenvalue weighted by atomic mass is 10.2. The van der Waals surface area contributed by atoms with E-state index in [9.17, 15) is 9.59 Å². The van der Waals surface area contributed by atoms with Crippen molar-refractivity contribution in [3.8, 4) is 5.75 Å². The molecule has 0 bridgehead atoms. The first kappa shape index (κ1) is 22.2. The number of carbonyl (C=O) groups excluding carboxylic acids is 2. The van der Waals surface area contributed by atoms with E-state index in [0.717, 1.165) is 6.42 Å². The third-order valence-electron chi connectivity index (χ3n) is 3.71. The fourth-order valence-corrected chi connectivity index (χ4v) is 3.00. The summed E-state index contributed by atoms with van der Waals surface area (Å²) in [7, 11) is 1.60. The van der Waals surface area contributed by atoms with Gasteiger partial charge in [-0.25, -0.2) is 0 Å². The van der Waals surface area contributed by atoms with Crippen LogP contribution in [0.1, 0.15) is 30.1 Å². The Labute approximate surface area is 177 Å². The predicted octanol–water partition coefficient (Wildman–Crippen LogP) is 5.12. The van der Waals surface area contributed by atoms with Crippen LogP contribution in [-0.4, -0.2) is 32.1 Å². The average Bonchev–Trinajstić information content (AvgIpc) is 2.66. The van der Waals surface area contributed by atoms with Gasteiger partial charge in [0.1, 0.15) is 12.4 Å². The Morgan fingerprint density at radius 2 is 1.89 bits per heavy atom. The van der Waals surface area contributed by atoms with Gasteiger partial charge in [0, 0.05) is 24.8 Å². The number of carbonyl (C=O) groups is 2. The largest absolute Gasteiger partial charge is 0.490 e. The highest BCUT2D eigenvalue weighted by molar-refractivity contribution is 9.10. The zero-order valence-electron chi connectivity index (χ0n) is 15.7. The van der Waals surface area contributed by atoms with E-state index in [0.29, 0.717) is 51.8 Å². The Bertz CT molecular complexity index is 845. The van der Waals surface area contributed by atoms with Gasteiger partial charge in [-0.2, -0.15) is 0 Å². The van der Waals surface area contributed by atoms with Gasteiger partial charge in [-0.1, -0.05) is 18.5 Å². The van der Waals surface area contributed by atoms with Gasteiger partial charge in [-0.05, 0) is 58.7 Å². The molecule has 0 aromatic heterocycles. The van der Waals surface area contributed by atoms with Crippen LogP contribution in [0.4, 0.5) is 11.4 Å². The van der Waals surface area contributed by atoms with E-state index in [2.05, 4.69) is 26.6 Å². The highest BCUT2D eigenvalue weighted by atomic mass is 79.9. The summed E-state index contributed by atoms with van der Waals surface area (Å²) < 4.78 is 11.2. The van der Waals surface area contributed by atoms with Gasteiger partial charge in [0.25, 0.3) is 5.91 Å². The quantitative estimate of drug-likeness (QED) is 0.500. The lowest BCUT2D eigenvalue weighted by molar-refractivity contribution is -0.116. The van der Waals surface area contributed by atoms with Crippen molar-refractivity contribution < 1.29 is 19.1 Å². The minimum atomic E-state index is -0.330. The highest BCUT2D eigenvalue weighted by Crippen LogP contribution is 2.29. The van der Waals surface area contributed by atoms with Crippen LogP contribution in [0, 0.1) is 0 Å². The molecule has 2 N–H and O–H groups in total. The molecule has 0 unspecified atom stereocenters. The molecule has 2 aromatic rings. The van der Waals surface area contributed by atoms with E-state index in [1.807, 2.05) is 6.92 Å². The maximum atomic E-state index is 12.6. The molecule has 0 spiro atoms. The first-order chi connectivity index (χ1) is 13.4. The topological polar surface area (TPSA) is 76.7 Å². The number of anilines is 2. The lowest BCUT2D eigenvalue weighted by Gasteiger charge is -2.12. The molecule has 0 aliphatic heterocycles. The lowest BCUT2D eigenvalue weighted by Crippen LogP contribution is -2.14. The number of methoxy groups -OCH3 is 1. The Kier molecular flexibility index (Phi) is 8.76. The third-order valence-corrected chi connectivity index (χ3v) is 4.66. The molecule has 0 saturated heterocycles. The number of ether oxygens (including phenoxy) is 2. The molecular formula is C20H22BrClN2O4. The van der Waals surface area contributed by atoms with E-state index < -0.39 is 0 Å². The maximum Gasteiger partial charge on any atom is 0.255 e. The summed E-state index contributed by atoms with van der Waals surface area (Å²) in [6.45, 7) is 2.81. The van der Waals surface area contributed by atoms with Gasteiger partial charge in [0.05, 0.1) is 21.8 Å². The smallest absolute Gasteiger partial charge is 0.255 e. The number of halogens is 2. The average molecular weight is 470 g/mol. The molecule has 0 aliphatic rings. The van der Waals surface area contributed by atoms with Gasteiger partial charge >= 0.3 is 0 Å². The number of benzene rings is 2. The maximum absolute atomic E-state index is 12.6. The zero-order chi connectivity index (χ0) is 20.5. The second-order valence-electron chi connectivity index (χ2n) is 5.93. The summed E-state index contributed by atoms with van der Waals surface area (Å²) in [5, 5.41) is 5.92. The summed E-state index contributed by atoms with van der Waals surface area (Å²) in [6.07, 6.45) is 1.18. The highest BCUT2D eigenvalue weighted by Gasteiger charge is 2.12. The zero-order valence-corrected chi connectivity index (χ0v) is 18.0. The number of hydrogen-bond donors (Lipinski definition) is 2. The van der Waals surface area contributed by atoms with Gasteiger partial charge in [0.2, 0.25) is 5.91 Å². The molecule has 0 saturated carbocycles. The second-order valence-corrected chi connectivity index (χ2v) is 7.19. The van der Waals surface area contributed by atoms with E-state index in [-0.39, 0.29) is 11.8 Å². The molecule has 0 radical (unpaired) electrons. The van der Waals surface area contributed by atoms with Crippen LogP contribution in [0.25, 0.3) is 0 Å². The number of nitrogens with one attached hydrogen (secondary N) is 2. The fourth-order valence-electron chi connectivity index (χ4n) is 2.34. The number of rotatable bonds is 9. The summed E-state index contributed by atoms with van der Waals surface area (Å²) in [5.41, 5.74) is 1.42. The van der Waals surface area contributed by atoms with Crippen molar-refractivity contribution in [1.29, 1.82) is 0 Å². The van der Waals surface area contributed by atoms with Crippen molar-refractivity contribution in [2.24, 2.45) is 0 Å². The van der Waals surface area contributed by atoms with E-state index in [4.69, 9.17) is 21.1 Å². The monoisotopic (exact) mass is 468 g/mol. The molecule has 6 nitrogen and oxygen atoms in total. The van der Waals surface area contributed by atoms with Gasteiger partial charge in [0.15, 0.2) is 0 Å². The molecule has 0 fully saturated rings. The second kappa shape index (κ2) is 11.0. The Hall–Kier alpha value is -2.09. The standard InChI is InChI=1S/C20H22BrClN2O4/c1-3-4-19(25)23-14-6-7-16(22)17(12-14)24-20(26)13-5-8-18(15(21)11-13)28-10-9-27-2/h5-8,11-12H,3-4,9-10H2,1-2H3,(H,23,25)(H,24,26). The minimum Gasteiger partial charge on any atom is -0.490 e. The van der Waals surface area contributed by atoms with Crippen molar-refractivity contribution in [1.82, 2.24) is 0 Å². The van der Waals surface area contributed by atoms with Crippen molar-refractivity contribution in [3.05, 3.63) is 51.5 Å². The van der Waals surface area contributed by atoms with E-state index >= 15 is 0 Å². The minimum absolute atomic E-state index is 0.0879. The molecule has 8 heteroatoms.